The van der Waals surface area contributed by atoms with Gasteiger partial charge in [-0.05, 0) is 43.5 Å². The molecule has 1 aliphatic carbocycles. The molecule has 3 nitrogen and oxygen atoms in total. The maximum absolute atomic E-state index is 6.46. The van der Waals surface area contributed by atoms with E-state index in [2.05, 4.69) is 24.4 Å². The molecule has 18 heavy (non-hydrogen) atoms. The fraction of sp³-hybridized carbons (Fsp3) is 0.600. The number of nitrogens with two attached hydrogens (primary N) is 1. The summed E-state index contributed by atoms with van der Waals surface area (Å²) in [6, 6.07) is 6.49. The number of aryl methyl sites for hydroxylation is 1. The highest BCUT2D eigenvalue weighted by Crippen LogP contribution is 2.53. The van der Waals surface area contributed by atoms with Crippen molar-refractivity contribution in [1.29, 1.82) is 0 Å². The standard InChI is InChI=1S/C15H24N2O/c1-4-11-9-12(5-6-13(11)18-3)14(16)15(7-8-15)10-17-2/h5-6,9,14,17H,4,7-8,10,16H2,1-3H3. The Bertz CT molecular complexity index is 413. The third kappa shape index (κ3) is 2.38. The lowest BCUT2D eigenvalue weighted by Crippen LogP contribution is -2.31. The molecule has 0 amide bonds. The zero-order valence-corrected chi connectivity index (χ0v) is 11.6. The molecule has 100 valence electrons. The van der Waals surface area contributed by atoms with E-state index in [0.717, 1.165) is 18.7 Å². The summed E-state index contributed by atoms with van der Waals surface area (Å²) in [6.07, 6.45) is 3.42. The molecule has 0 heterocycles. The molecule has 1 saturated carbocycles. The van der Waals surface area contributed by atoms with Gasteiger partial charge in [-0.3, -0.25) is 0 Å². The molecule has 3 heteroatoms. The van der Waals surface area contributed by atoms with Gasteiger partial charge in [-0.25, -0.2) is 0 Å². The normalized spacial score (nSPS) is 18.4. The number of methoxy groups -OCH3 is 1. The zero-order valence-electron chi connectivity index (χ0n) is 11.6. The first kappa shape index (κ1) is 13.4. The molecule has 1 aromatic carbocycles. The molecule has 1 fully saturated rings. The second kappa shape index (κ2) is 5.29. The zero-order chi connectivity index (χ0) is 13.2. The van der Waals surface area contributed by atoms with Crippen molar-refractivity contribution in [2.45, 2.75) is 32.2 Å². The van der Waals surface area contributed by atoms with E-state index in [1.54, 1.807) is 7.11 Å². The largest absolute Gasteiger partial charge is 0.496 e. The van der Waals surface area contributed by atoms with E-state index in [4.69, 9.17) is 10.5 Å². The molecule has 0 aromatic heterocycles. The molecule has 0 bridgehead atoms. The van der Waals surface area contributed by atoms with Gasteiger partial charge in [-0.15, -0.1) is 0 Å². The second-order valence-corrected chi connectivity index (χ2v) is 5.30. The third-order valence-electron chi connectivity index (χ3n) is 4.13. The quantitative estimate of drug-likeness (QED) is 0.812. The summed E-state index contributed by atoms with van der Waals surface area (Å²) in [5.41, 5.74) is 9.21. The molecule has 0 saturated heterocycles. The molecule has 0 radical (unpaired) electrons. The van der Waals surface area contributed by atoms with E-state index in [9.17, 15) is 0 Å². The van der Waals surface area contributed by atoms with Crippen molar-refractivity contribution in [1.82, 2.24) is 5.32 Å². The molecule has 1 unspecified atom stereocenters. The van der Waals surface area contributed by atoms with Gasteiger partial charge in [0.15, 0.2) is 0 Å². The average Bonchev–Trinajstić information content (AvgIpc) is 3.18. The Labute approximate surface area is 110 Å². The average molecular weight is 248 g/mol. The number of ether oxygens (including phenoxy) is 1. The van der Waals surface area contributed by atoms with Crippen LogP contribution in [0, 0.1) is 5.41 Å². The molecule has 1 aromatic rings. The van der Waals surface area contributed by atoms with Gasteiger partial charge in [0, 0.05) is 18.0 Å². The predicted octanol–water partition coefficient (Wildman–Crippen LogP) is 2.26. The van der Waals surface area contributed by atoms with Gasteiger partial charge in [0.2, 0.25) is 0 Å². The number of rotatable bonds is 6. The van der Waals surface area contributed by atoms with Crippen LogP contribution < -0.4 is 15.8 Å². The highest BCUT2D eigenvalue weighted by atomic mass is 16.5. The number of benzene rings is 1. The first-order valence-corrected chi connectivity index (χ1v) is 6.74. The topological polar surface area (TPSA) is 47.3 Å². The van der Waals surface area contributed by atoms with Crippen molar-refractivity contribution >= 4 is 0 Å². The van der Waals surface area contributed by atoms with E-state index in [-0.39, 0.29) is 11.5 Å². The number of hydrogen-bond donors (Lipinski definition) is 2. The van der Waals surface area contributed by atoms with Crippen LogP contribution in [0.15, 0.2) is 18.2 Å². The van der Waals surface area contributed by atoms with Crippen LogP contribution in [0.2, 0.25) is 0 Å². The molecule has 3 N–H and O–H groups in total. The van der Waals surface area contributed by atoms with Crippen LogP contribution in [0.5, 0.6) is 5.75 Å². The summed E-state index contributed by atoms with van der Waals surface area (Å²) in [4.78, 5) is 0. The summed E-state index contributed by atoms with van der Waals surface area (Å²) in [6.45, 7) is 3.15. The summed E-state index contributed by atoms with van der Waals surface area (Å²) in [7, 11) is 3.72. The lowest BCUT2D eigenvalue weighted by molar-refractivity contribution is 0.389. The first-order valence-electron chi connectivity index (χ1n) is 6.74. The Kier molecular flexibility index (Phi) is 3.93. The van der Waals surface area contributed by atoms with Crippen molar-refractivity contribution in [3.63, 3.8) is 0 Å². The monoisotopic (exact) mass is 248 g/mol. The van der Waals surface area contributed by atoms with Crippen molar-refractivity contribution in [2.75, 3.05) is 20.7 Å². The van der Waals surface area contributed by atoms with Crippen molar-refractivity contribution in [2.24, 2.45) is 11.1 Å². The van der Waals surface area contributed by atoms with E-state index in [0.29, 0.717) is 0 Å². The Hall–Kier alpha value is -1.06. The highest BCUT2D eigenvalue weighted by Gasteiger charge is 2.47. The molecule has 2 rings (SSSR count). The molecule has 1 aliphatic rings. The van der Waals surface area contributed by atoms with Gasteiger partial charge in [-0.1, -0.05) is 19.1 Å². The molecule has 0 spiro atoms. The van der Waals surface area contributed by atoms with Crippen LogP contribution in [-0.4, -0.2) is 20.7 Å². The van der Waals surface area contributed by atoms with Gasteiger partial charge in [-0.2, -0.15) is 0 Å². The van der Waals surface area contributed by atoms with Gasteiger partial charge in [0.25, 0.3) is 0 Å². The van der Waals surface area contributed by atoms with Gasteiger partial charge < -0.3 is 15.8 Å². The van der Waals surface area contributed by atoms with Crippen LogP contribution in [0.3, 0.4) is 0 Å². The minimum absolute atomic E-state index is 0.126. The number of hydrogen-bond acceptors (Lipinski definition) is 3. The third-order valence-corrected chi connectivity index (χ3v) is 4.13. The second-order valence-electron chi connectivity index (χ2n) is 5.30. The maximum Gasteiger partial charge on any atom is 0.122 e. The van der Waals surface area contributed by atoms with Crippen molar-refractivity contribution < 1.29 is 4.74 Å². The Balaban J connectivity index is 2.23. The predicted molar refractivity (Wildman–Crippen MR) is 74.9 cm³/mol. The van der Waals surface area contributed by atoms with Crippen LogP contribution >= 0.6 is 0 Å². The van der Waals surface area contributed by atoms with Gasteiger partial charge >= 0.3 is 0 Å². The van der Waals surface area contributed by atoms with E-state index in [1.807, 2.05) is 13.1 Å². The number of nitrogens with one attached hydrogen (secondary N) is 1. The fourth-order valence-electron chi connectivity index (χ4n) is 2.73. The highest BCUT2D eigenvalue weighted by molar-refractivity contribution is 5.39. The van der Waals surface area contributed by atoms with Crippen LogP contribution in [0.1, 0.15) is 36.9 Å². The summed E-state index contributed by atoms with van der Waals surface area (Å²) >= 11 is 0. The maximum atomic E-state index is 6.46. The summed E-state index contributed by atoms with van der Waals surface area (Å²) in [5.74, 6) is 0.965. The van der Waals surface area contributed by atoms with E-state index >= 15 is 0 Å². The first-order chi connectivity index (χ1) is 8.66. The lowest BCUT2D eigenvalue weighted by atomic mass is 9.89. The van der Waals surface area contributed by atoms with E-state index < -0.39 is 0 Å². The van der Waals surface area contributed by atoms with E-state index in [1.165, 1.54) is 24.0 Å². The fourth-order valence-corrected chi connectivity index (χ4v) is 2.73. The van der Waals surface area contributed by atoms with Crippen molar-refractivity contribution in [3.8, 4) is 5.75 Å². The van der Waals surface area contributed by atoms with Gasteiger partial charge in [0.1, 0.15) is 5.75 Å². The minimum Gasteiger partial charge on any atom is -0.496 e. The van der Waals surface area contributed by atoms with Gasteiger partial charge in [0.05, 0.1) is 7.11 Å². The molecule has 0 aliphatic heterocycles. The Morgan fingerprint density at radius 1 is 1.44 bits per heavy atom. The van der Waals surface area contributed by atoms with Crippen LogP contribution in [0.25, 0.3) is 0 Å². The lowest BCUT2D eigenvalue weighted by Gasteiger charge is -2.24. The van der Waals surface area contributed by atoms with Crippen LogP contribution in [0.4, 0.5) is 0 Å². The molecular weight excluding hydrogens is 224 g/mol. The SMILES string of the molecule is CCc1cc(C(N)C2(CNC)CC2)ccc1OC. The Morgan fingerprint density at radius 2 is 2.17 bits per heavy atom. The minimum atomic E-state index is 0.126. The van der Waals surface area contributed by atoms with Crippen molar-refractivity contribution in [3.05, 3.63) is 29.3 Å². The molecule has 1 atom stereocenters. The Morgan fingerprint density at radius 3 is 2.67 bits per heavy atom. The smallest absolute Gasteiger partial charge is 0.122 e. The van der Waals surface area contributed by atoms with Crippen LogP contribution in [-0.2, 0) is 6.42 Å². The summed E-state index contributed by atoms with van der Waals surface area (Å²) in [5, 5.41) is 3.27. The summed E-state index contributed by atoms with van der Waals surface area (Å²) < 4.78 is 5.37. The molecular formula is C15H24N2O.